The molecule has 1 aromatic heterocycles. The smallest absolute Gasteiger partial charge is 0.253 e. The van der Waals surface area contributed by atoms with Gasteiger partial charge in [0.15, 0.2) is 0 Å². The lowest BCUT2D eigenvalue weighted by atomic mass is 9.90. The fourth-order valence-electron chi connectivity index (χ4n) is 5.82. The second-order valence-corrected chi connectivity index (χ2v) is 11.6. The number of carbonyl (C=O) groups excluding carboxylic acids is 2. The number of amides is 2. The van der Waals surface area contributed by atoms with Gasteiger partial charge in [-0.25, -0.2) is 0 Å². The van der Waals surface area contributed by atoms with Gasteiger partial charge in [0.25, 0.3) is 5.91 Å². The van der Waals surface area contributed by atoms with E-state index in [1.165, 1.54) is 40.0 Å². The first-order valence-electron chi connectivity index (χ1n) is 14.1. The number of thiophene rings is 1. The summed E-state index contributed by atoms with van der Waals surface area (Å²) in [5.41, 5.74) is 5.92. The predicted octanol–water partition coefficient (Wildman–Crippen LogP) is 5.72. The van der Waals surface area contributed by atoms with Gasteiger partial charge >= 0.3 is 0 Å². The lowest BCUT2D eigenvalue weighted by Gasteiger charge is -2.37. The van der Waals surface area contributed by atoms with E-state index in [4.69, 9.17) is 0 Å². The van der Waals surface area contributed by atoms with Crippen LogP contribution in [0, 0.1) is 6.92 Å². The first kappa shape index (κ1) is 26.6. The number of aryl methyl sites for hydroxylation is 2. The summed E-state index contributed by atoms with van der Waals surface area (Å²) in [7, 11) is 0. The van der Waals surface area contributed by atoms with Crippen LogP contribution in [0.4, 0.5) is 0 Å². The summed E-state index contributed by atoms with van der Waals surface area (Å²) < 4.78 is 0. The number of nitrogens with zero attached hydrogens (tertiary/aromatic N) is 3. The van der Waals surface area contributed by atoms with Crippen LogP contribution in [0.5, 0.6) is 0 Å². The van der Waals surface area contributed by atoms with E-state index < -0.39 is 0 Å². The number of hydrogen-bond acceptors (Lipinski definition) is 4. The molecule has 6 heteroatoms. The van der Waals surface area contributed by atoms with Crippen molar-refractivity contribution in [1.29, 1.82) is 0 Å². The molecule has 38 heavy (non-hydrogen) atoms. The maximum atomic E-state index is 13.6. The molecule has 1 saturated heterocycles. The molecule has 0 radical (unpaired) electrons. The van der Waals surface area contributed by atoms with Gasteiger partial charge in [-0.1, -0.05) is 49.7 Å². The quantitative estimate of drug-likeness (QED) is 0.393. The van der Waals surface area contributed by atoms with E-state index in [9.17, 15) is 9.59 Å². The lowest BCUT2D eigenvalue weighted by molar-refractivity contribution is -0.132. The largest absolute Gasteiger partial charge is 0.340 e. The fourth-order valence-corrected chi connectivity index (χ4v) is 6.72. The van der Waals surface area contributed by atoms with Crippen molar-refractivity contribution in [2.45, 2.75) is 52.0 Å². The number of rotatable bonds is 7. The van der Waals surface area contributed by atoms with E-state index in [1.807, 2.05) is 33.3 Å². The van der Waals surface area contributed by atoms with Crippen molar-refractivity contribution in [2.24, 2.45) is 0 Å². The third-order valence-corrected chi connectivity index (χ3v) is 9.04. The summed E-state index contributed by atoms with van der Waals surface area (Å²) in [6.45, 7) is 8.20. The van der Waals surface area contributed by atoms with Crippen LogP contribution in [0.15, 0.2) is 60.0 Å². The second-order valence-electron chi connectivity index (χ2n) is 10.6. The Morgan fingerprint density at radius 2 is 1.66 bits per heavy atom. The molecule has 0 spiro atoms. The molecule has 3 aromatic rings. The Labute approximate surface area is 231 Å². The highest BCUT2D eigenvalue weighted by Gasteiger charge is 2.33. The lowest BCUT2D eigenvalue weighted by Crippen LogP contribution is -2.45. The molecule has 1 fully saturated rings. The first-order valence-corrected chi connectivity index (χ1v) is 14.9. The third-order valence-electron chi connectivity index (χ3n) is 8.04. The molecule has 0 saturated carbocycles. The van der Waals surface area contributed by atoms with Gasteiger partial charge in [-0.2, -0.15) is 0 Å². The van der Waals surface area contributed by atoms with E-state index in [0.717, 1.165) is 31.4 Å². The Bertz CT molecular complexity index is 1250. The minimum Gasteiger partial charge on any atom is -0.340 e. The minimum absolute atomic E-state index is 0.0713. The molecule has 2 aliphatic rings. The summed E-state index contributed by atoms with van der Waals surface area (Å²) in [6, 6.07) is 19.0. The Kier molecular flexibility index (Phi) is 8.60. The van der Waals surface area contributed by atoms with Crippen LogP contribution >= 0.6 is 11.3 Å². The molecule has 3 heterocycles. The number of hydrogen-bond donors (Lipinski definition) is 0. The summed E-state index contributed by atoms with van der Waals surface area (Å²) in [4.78, 5) is 34.5. The highest BCUT2D eigenvalue weighted by atomic mass is 32.1. The average molecular weight is 530 g/mol. The molecule has 0 bridgehead atoms. The zero-order chi connectivity index (χ0) is 26.5. The van der Waals surface area contributed by atoms with Crippen LogP contribution in [-0.4, -0.2) is 65.8 Å². The highest BCUT2D eigenvalue weighted by Crippen LogP contribution is 2.38. The minimum atomic E-state index is 0.0713. The Hall–Kier alpha value is -2.96. The zero-order valence-electron chi connectivity index (χ0n) is 22.7. The molecule has 2 amide bonds. The maximum Gasteiger partial charge on any atom is 0.253 e. The molecule has 5 nitrogen and oxygen atoms in total. The number of fused-ring (bicyclic) bond motifs is 1. The third kappa shape index (κ3) is 5.87. The molecule has 0 N–H and O–H groups in total. The van der Waals surface area contributed by atoms with Crippen molar-refractivity contribution in [3.63, 3.8) is 0 Å². The van der Waals surface area contributed by atoms with Crippen LogP contribution in [0.2, 0.25) is 0 Å². The van der Waals surface area contributed by atoms with Gasteiger partial charge in [0.1, 0.15) is 0 Å². The van der Waals surface area contributed by atoms with Crippen molar-refractivity contribution < 1.29 is 9.59 Å². The summed E-state index contributed by atoms with van der Waals surface area (Å²) >= 11 is 1.83. The molecular formula is C32H39N3O2S. The maximum absolute atomic E-state index is 13.6. The molecule has 0 unspecified atom stereocenters. The van der Waals surface area contributed by atoms with Gasteiger partial charge in [-0.05, 0) is 78.4 Å². The Morgan fingerprint density at radius 3 is 2.45 bits per heavy atom. The summed E-state index contributed by atoms with van der Waals surface area (Å²) in [5.74, 6) is 0.235. The van der Waals surface area contributed by atoms with Gasteiger partial charge in [-0.3, -0.25) is 14.5 Å². The van der Waals surface area contributed by atoms with Crippen molar-refractivity contribution in [2.75, 3.05) is 39.3 Å². The number of benzene rings is 2. The standard InChI is InChI=1S/C32H39N3O2S/c1-3-4-9-25-11-13-26(14-12-25)32(37)34-18-7-17-33(20-21-34)30(36)23-35-19-15-29-28(16-22-38-29)31(35)27-10-6-5-8-24(27)2/h5-6,8,10-14,16,22,31H,3-4,7,9,15,17-21,23H2,1-2H3/t31-/m1/s1. The van der Waals surface area contributed by atoms with Crippen LogP contribution in [-0.2, 0) is 17.6 Å². The first-order chi connectivity index (χ1) is 18.5. The number of unbranched alkanes of at least 4 members (excludes halogenated alkanes) is 1. The SMILES string of the molecule is CCCCc1ccc(C(=O)N2CCCN(C(=O)CN3CCc4sccc4[C@H]3c3ccccc3C)CC2)cc1. The molecule has 1 atom stereocenters. The topological polar surface area (TPSA) is 43.9 Å². The second kappa shape index (κ2) is 12.3. The van der Waals surface area contributed by atoms with Gasteiger partial charge in [0.05, 0.1) is 12.6 Å². The van der Waals surface area contributed by atoms with Crippen molar-refractivity contribution in [3.05, 3.63) is 92.7 Å². The molecule has 200 valence electrons. The molecule has 5 rings (SSSR count). The highest BCUT2D eigenvalue weighted by molar-refractivity contribution is 7.10. The van der Waals surface area contributed by atoms with Gasteiger partial charge in [0.2, 0.25) is 5.91 Å². The van der Waals surface area contributed by atoms with Gasteiger partial charge < -0.3 is 9.80 Å². The van der Waals surface area contributed by atoms with E-state index >= 15 is 0 Å². The monoisotopic (exact) mass is 529 g/mol. The fraction of sp³-hybridized carbons (Fsp3) is 0.438. The van der Waals surface area contributed by atoms with Crippen molar-refractivity contribution in [1.82, 2.24) is 14.7 Å². The molecular weight excluding hydrogens is 490 g/mol. The van der Waals surface area contributed by atoms with Gasteiger partial charge in [0, 0.05) is 43.2 Å². The van der Waals surface area contributed by atoms with Crippen LogP contribution in [0.25, 0.3) is 0 Å². The predicted molar refractivity (Wildman–Crippen MR) is 155 cm³/mol. The van der Waals surface area contributed by atoms with Crippen LogP contribution < -0.4 is 0 Å². The van der Waals surface area contributed by atoms with E-state index in [1.54, 1.807) is 0 Å². The van der Waals surface area contributed by atoms with E-state index in [0.29, 0.717) is 32.7 Å². The van der Waals surface area contributed by atoms with Crippen molar-refractivity contribution >= 4 is 23.2 Å². The normalized spacial score (nSPS) is 18.2. The summed E-state index contributed by atoms with van der Waals surface area (Å²) in [5, 5.41) is 2.18. The zero-order valence-corrected chi connectivity index (χ0v) is 23.5. The van der Waals surface area contributed by atoms with Crippen molar-refractivity contribution in [3.8, 4) is 0 Å². The summed E-state index contributed by atoms with van der Waals surface area (Å²) in [6.07, 6.45) is 5.19. The Balaban J connectivity index is 1.23. The van der Waals surface area contributed by atoms with Gasteiger partial charge in [-0.15, -0.1) is 11.3 Å². The average Bonchev–Trinajstić information content (AvgIpc) is 3.28. The van der Waals surface area contributed by atoms with E-state index in [-0.39, 0.29) is 17.9 Å². The Morgan fingerprint density at radius 1 is 0.895 bits per heavy atom. The molecule has 2 aromatic carbocycles. The molecule has 0 aliphatic carbocycles. The number of carbonyl (C=O) groups is 2. The van der Waals surface area contributed by atoms with Crippen LogP contribution in [0.1, 0.15) is 69.7 Å². The molecule has 2 aliphatic heterocycles. The van der Waals surface area contributed by atoms with Crippen LogP contribution in [0.3, 0.4) is 0 Å². The van der Waals surface area contributed by atoms with E-state index in [2.05, 4.69) is 66.6 Å².